The highest BCUT2D eigenvalue weighted by Gasteiger charge is 2.08. The molecule has 1 aromatic heterocycles. The topological polar surface area (TPSA) is 56.3 Å². The third kappa shape index (κ3) is 4.16. The van der Waals surface area contributed by atoms with Gasteiger partial charge in [0.25, 0.3) is 0 Å². The summed E-state index contributed by atoms with van der Waals surface area (Å²) in [6.07, 6.45) is 1.77. The average Bonchev–Trinajstić information content (AvgIpc) is 2.52. The van der Waals surface area contributed by atoms with E-state index >= 15 is 0 Å². The molecule has 0 fully saturated rings. The van der Waals surface area contributed by atoms with Crippen LogP contribution in [-0.2, 0) is 6.54 Å². The summed E-state index contributed by atoms with van der Waals surface area (Å²) >= 11 is 0. The van der Waals surface area contributed by atoms with Crippen molar-refractivity contribution >= 4 is 0 Å². The number of hydrogen-bond acceptors (Lipinski definition) is 5. The third-order valence-electron chi connectivity index (χ3n) is 3.01. The van der Waals surface area contributed by atoms with Crippen molar-refractivity contribution in [1.29, 1.82) is 0 Å². The van der Waals surface area contributed by atoms with Gasteiger partial charge in [-0.3, -0.25) is 0 Å². The number of nitrogens with zero attached hydrogens (tertiary/aromatic N) is 2. The van der Waals surface area contributed by atoms with Crippen molar-refractivity contribution in [1.82, 2.24) is 15.3 Å². The Morgan fingerprint density at radius 3 is 2.33 bits per heavy atom. The Morgan fingerprint density at radius 2 is 1.76 bits per heavy atom. The maximum Gasteiger partial charge on any atom is 0.159 e. The summed E-state index contributed by atoms with van der Waals surface area (Å²) in [5, 5.41) is 3.35. The van der Waals surface area contributed by atoms with Gasteiger partial charge in [0.1, 0.15) is 11.5 Å². The molecule has 0 saturated heterocycles. The van der Waals surface area contributed by atoms with Gasteiger partial charge >= 0.3 is 0 Å². The Morgan fingerprint density at radius 1 is 1.10 bits per heavy atom. The molecular weight excluding hydrogens is 266 g/mol. The van der Waals surface area contributed by atoms with Crippen molar-refractivity contribution < 1.29 is 9.47 Å². The number of aromatic nitrogens is 2. The summed E-state index contributed by atoms with van der Waals surface area (Å²) in [7, 11) is 3.25. The maximum atomic E-state index is 5.28. The van der Waals surface area contributed by atoms with Crippen LogP contribution in [0.5, 0.6) is 11.5 Å². The van der Waals surface area contributed by atoms with Crippen molar-refractivity contribution in [3.05, 3.63) is 36.2 Å². The molecule has 2 rings (SSSR count). The van der Waals surface area contributed by atoms with Crippen LogP contribution in [-0.4, -0.2) is 30.2 Å². The fourth-order valence-corrected chi connectivity index (χ4v) is 1.88. The first-order chi connectivity index (χ1) is 10.1. The van der Waals surface area contributed by atoms with Crippen LogP contribution < -0.4 is 14.8 Å². The van der Waals surface area contributed by atoms with Crippen LogP contribution >= 0.6 is 0 Å². The van der Waals surface area contributed by atoms with Crippen LogP contribution in [0.1, 0.15) is 19.5 Å². The lowest BCUT2D eigenvalue weighted by Gasteiger charge is -2.10. The molecule has 0 atom stereocenters. The molecule has 112 valence electrons. The fraction of sp³-hybridized carbons (Fsp3) is 0.375. The minimum Gasteiger partial charge on any atom is -0.497 e. The smallest absolute Gasteiger partial charge is 0.159 e. The summed E-state index contributed by atoms with van der Waals surface area (Å²) in [6.45, 7) is 4.93. The van der Waals surface area contributed by atoms with E-state index < -0.39 is 0 Å². The van der Waals surface area contributed by atoms with Crippen LogP contribution in [0, 0.1) is 0 Å². The number of methoxy groups -OCH3 is 2. The predicted octanol–water partition coefficient (Wildman–Crippen LogP) is 2.66. The molecule has 0 aliphatic heterocycles. The van der Waals surface area contributed by atoms with Crippen LogP contribution in [0.15, 0.2) is 30.5 Å². The van der Waals surface area contributed by atoms with Gasteiger partial charge in [0.2, 0.25) is 0 Å². The van der Waals surface area contributed by atoms with Crippen LogP contribution in [0.3, 0.4) is 0 Å². The van der Waals surface area contributed by atoms with Gasteiger partial charge < -0.3 is 14.8 Å². The molecule has 1 heterocycles. The Labute approximate surface area is 125 Å². The highest BCUT2D eigenvalue weighted by atomic mass is 16.5. The second-order valence-electron chi connectivity index (χ2n) is 5.01. The zero-order valence-corrected chi connectivity index (χ0v) is 12.9. The molecule has 0 amide bonds. The molecule has 0 bridgehead atoms. The summed E-state index contributed by atoms with van der Waals surface area (Å²) in [5.74, 6) is 2.10. The molecular formula is C16H21N3O2. The van der Waals surface area contributed by atoms with Crippen molar-refractivity contribution in [2.24, 2.45) is 0 Å². The monoisotopic (exact) mass is 287 g/mol. The zero-order valence-electron chi connectivity index (χ0n) is 12.9. The van der Waals surface area contributed by atoms with Crippen molar-refractivity contribution in [3.8, 4) is 22.9 Å². The van der Waals surface area contributed by atoms with E-state index in [1.807, 2.05) is 24.3 Å². The Bertz CT molecular complexity index is 578. The molecule has 0 spiro atoms. The van der Waals surface area contributed by atoms with Gasteiger partial charge in [-0.2, -0.15) is 0 Å². The largest absolute Gasteiger partial charge is 0.497 e. The third-order valence-corrected chi connectivity index (χ3v) is 3.01. The van der Waals surface area contributed by atoms with E-state index in [-0.39, 0.29) is 0 Å². The highest BCUT2D eigenvalue weighted by Crippen LogP contribution is 2.27. The van der Waals surface area contributed by atoms with Crippen LogP contribution in [0.4, 0.5) is 0 Å². The lowest BCUT2D eigenvalue weighted by atomic mass is 10.2. The van der Waals surface area contributed by atoms with Crippen molar-refractivity contribution in [2.75, 3.05) is 14.2 Å². The number of hydrogen-bond donors (Lipinski definition) is 1. The minimum absolute atomic E-state index is 0.417. The number of ether oxygens (including phenoxy) is 2. The van der Waals surface area contributed by atoms with E-state index in [0.29, 0.717) is 18.4 Å². The first kappa shape index (κ1) is 15.3. The van der Waals surface area contributed by atoms with E-state index in [0.717, 1.165) is 22.8 Å². The SMILES string of the molecule is COc1cc(OC)cc(-c2nccc(CNC(C)C)n2)c1. The Hall–Kier alpha value is -2.14. The maximum absolute atomic E-state index is 5.28. The molecule has 1 aromatic carbocycles. The Kier molecular flexibility index (Phi) is 5.11. The lowest BCUT2D eigenvalue weighted by Crippen LogP contribution is -2.22. The van der Waals surface area contributed by atoms with Gasteiger partial charge in [-0.15, -0.1) is 0 Å². The van der Waals surface area contributed by atoms with Crippen molar-refractivity contribution in [3.63, 3.8) is 0 Å². The molecule has 1 N–H and O–H groups in total. The standard InChI is InChI=1S/C16H21N3O2/c1-11(2)18-10-13-5-6-17-16(19-13)12-7-14(20-3)9-15(8-12)21-4/h5-9,11,18H,10H2,1-4H3. The van der Waals surface area contributed by atoms with Crippen LogP contribution in [0.2, 0.25) is 0 Å². The molecule has 21 heavy (non-hydrogen) atoms. The molecule has 5 heteroatoms. The van der Waals surface area contributed by atoms with Gasteiger partial charge in [-0.1, -0.05) is 13.8 Å². The average molecular weight is 287 g/mol. The molecule has 0 saturated carbocycles. The number of benzene rings is 1. The van der Waals surface area contributed by atoms with E-state index in [2.05, 4.69) is 29.1 Å². The fourth-order valence-electron chi connectivity index (χ4n) is 1.88. The quantitative estimate of drug-likeness (QED) is 0.885. The highest BCUT2D eigenvalue weighted by molar-refractivity contribution is 5.60. The van der Waals surface area contributed by atoms with E-state index in [9.17, 15) is 0 Å². The molecule has 0 radical (unpaired) electrons. The number of nitrogens with one attached hydrogen (secondary N) is 1. The van der Waals surface area contributed by atoms with Gasteiger partial charge in [0.05, 0.1) is 19.9 Å². The summed E-state index contributed by atoms with van der Waals surface area (Å²) in [6, 6.07) is 7.96. The normalized spacial score (nSPS) is 10.7. The van der Waals surface area contributed by atoms with Crippen LogP contribution in [0.25, 0.3) is 11.4 Å². The lowest BCUT2D eigenvalue weighted by molar-refractivity contribution is 0.394. The minimum atomic E-state index is 0.417. The summed E-state index contributed by atoms with van der Waals surface area (Å²) in [5.41, 5.74) is 1.83. The molecule has 0 aliphatic carbocycles. The summed E-state index contributed by atoms with van der Waals surface area (Å²) < 4.78 is 10.6. The first-order valence-electron chi connectivity index (χ1n) is 6.91. The van der Waals surface area contributed by atoms with E-state index in [4.69, 9.17) is 9.47 Å². The zero-order chi connectivity index (χ0) is 15.2. The van der Waals surface area contributed by atoms with Gasteiger partial charge in [-0.05, 0) is 18.2 Å². The second kappa shape index (κ2) is 7.04. The molecule has 0 unspecified atom stereocenters. The predicted molar refractivity (Wildman–Crippen MR) is 82.5 cm³/mol. The second-order valence-corrected chi connectivity index (χ2v) is 5.01. The first-order valence-corrected chi connectivity index (χ1v) is 6.91. The molecule has 0 aliphatic rings. The van der Waals surface area contributed by atoms with Crippen molar-refractivity contribution in [2.45, 2.75) is 26.4 Å². The number of rotatable bonds is 6. The van der Waals surface area contributed by atoms with Gasteiger partial charge in [-0.25, -0.2) is 9.97 Å². The van der Waals surface area contributed by atoms with E-state index in [1.165, 1.54) is 0 Å². The van der Waals surface area contributed by atoms with Gasteiger partial charge in [0, 0.05) is 30.4 Å². The van der Waals surface area contributed by atoms with E-state index in [1.54, 1.807) is 20.4 Å². The Balaban J connectivity index is 2.30. The molecule has 5 nitrogen and oxygen atoms in total. The molecule has 2 aromatic rings. The summed E-state index contributed by atoms with van der Waals surface area (Å²) in [4.78, 5) is 8.92. The van der Waals surface area contributed by atoms with Gasteiger partial charge in [0.15, 0.2) is 5.82 Å².